The monoisotopic (exact) mass is 342 g/mol. The molecule has 2 amide bonds. The summed E-state index contributed by atoms with van der Waals surface area (Å²) in [7, 11) is 0. The average Bonchev–Trinajstić information content (AvgIpc) is 2.97. The van der Waals surface area contributed by atoms with Gasteiger partial charge in [0.25, 0.3) is 11.8 Å². The third-order valence-corrected chi connectivity index (χ3v) is 5.33. The molecule has 0 saturated carbocycles. The molecule has 0 aliphatic carbocycles. The summed E-state index contributed by atoms with van der Waals surface area (Å²) in [5, 5.41) is 2.92. The van der Waals surface area contributed by atoms with E-state index >= 15 is 0 Å². The highest BCUT2D eigenvalue weighted by atomic mass is 32.1. The highest BCUT2D eigenvalue weighted by Gasteiger charge is 2.25. The van der Waals surface area contributed by atoms with Crippen LogP contribution in [0.15, 0.2) is 30.3 Å². The van der Waals surface area contributed by atoms with E-state index in [1.807, 2.05) is 56.0 Å². The molecular weight excluding hydrogens is 320 g/mol. The Morgan fingerprint density at radius 2 is 1.92 bits per heavy atom. The van der Waals surface area contributed by atoms with Gasteiger partial charge >= 0.3 is 0 Å². The second-order valence-electron chi connectivity index (χ2n) is 6.53. The van der Waals surface area contributed by atoms with Gasteiger partial charge < -0.3 is 10.2 Å². The number of benzene rings is 1. The molecule has 2 aromatic rings. The molecule has 0 bridgehead atoms. The lowest BCUT2D eigenvalue weighted by Gasteiger charge is -2.27. The van der Waals surface area contributed by atoms with Crippen LogP contribution in [0.4, 0.5) is 0 Å². The summed E-state index contributed by atoms with van der Waals surface area (Å²) >= 11 is 1.55. The van der Waals surface area contributed by atoms with Crippen molar-refractivity contribution in [2.75, 3.05) is 6.54 Å². The molecule has 1 aromatic heterocycles. The van der Waals surface area contributed by atoms with Crippen molar-refractivity contribution in [2.45, 2.75) is 39.8 Å². The van der Waals surface area contributed by atoms with Crippen LogP contribution in [0.25, 0.3) is 0 Å². The normalized spacial score (nSPS) is 13.8. The quantitative estimate of drug-likeness (QED) is 0.929. The summed E-state index contributed by atoms with van der Waals surface area (Å²) in [6.07, 6.45) is 0.812. The molecule has 1 aromatic carbocycles. The van der Waals surface area contributed by atoms with Crippen LogP contribution in [0.2, 0.25) is 0 Å². The molecule has 1 N–H and O–H groups in total. The van der Waals surface area contributed by atoms with E-state index in [0.29, 0.717) is 13.1 Å². The fourth-order valence-corrected chi connectivity index (χ4v) is 3.90. The van der Waals surface area contributed by atoms with E-state index in [2.05, 4.69) is 5.32 Å². The van der Waals surface area contributed by atoms with Crippen LogP contribution in [0, 0.1) is 6.92 Å². The summed E-state index contributed by atoms with van der Waals surface area (Å²) in [6, 6.07) is 9.73. The van der Waals surface area contributed by atoms with Gasteiger partial charge in [0.15, 0.2) is 0 Å². The average molecular weight is 342 g/mol. The van der Waals surface area contributed by atoms with Gasteiger partial charge in [0, 0.05) is 29.6 Å². The molecule has 1 aliphatic rings. The molecule has 24 heavy (non-hydrogen) atoms. The van der Waals surface area contributed by atoms with Crippen LogP contribution in [0.3, 0.4) is 0 Å². The van der Waals surface area contributed by atoms with E-state index in [0.717, 1.165) is 28.0 Å². The van der Waals surface area contributed by atoms with Crippen molar-refractivity contribution < 1.29 is 9.59 Å². The lowest BCUT2D eigenvalue weighted by atomic mass is 10.1. The van der Waals surface area contributed by atoms with Crippen LogP contribution in [0.5, 0.6) is 0 Å². The highest BCUT2D eigenvalue weighted by Crippen LogP contribution is 2.29. The van der Waals surface area contributed by atoms with Gasteiger partial charge in [0.05, 0.1) is 4.88 Å². The van der Waals surface area contributed by atoms with Gasteiger partial charge in [0.1, 0.15) is 0 Å². The number of fused-ring (bicyclic) bond motifs is 1. The number of hydrogen-bond donors (Lipinski definition) is 1. The zero-order chi connectivity index (χ0) is 17.3. The van der Waals surface area contributed by atoms with E-state index in [9.17, 15) is 9.59 Å². The molecule has 0 spiro atoms. The van der Waals surface area contributed by atoms with E-state index in [1.54, 1.807) is 11.3 Å². The molecule has 0 unspecified atom stereocenters. The Bertz CT molecular complexity index is 762. The standard InChI is InChI=1S/C19H22N2O2S/c1-12(2)20-18(22)17-10-15-11-21(9-8-16(15)24-17)19(23)14-6-4-13(3)5-7-14/h4-7,10,12H,8-9,11H2,1-3H3,(H,20,22). The molecule has 2 heterocycles. The molecule has 5 heteroatoms. The zero-order valence-corrected chi connectivity index (χ0v) is 15.1. The highest BCUT2D eigenvalue weighted by molar-refractivity contribution is 7.14. The Morgan fingerprint density at radius 1 is 1.21 bits per heavy atom. The number of hydrogen-bond acceptors (Lipinski definition) is 3. The number of amides is 2. The Labute approximate surface area is 146 Å². The first-order valence-electron chi connectivity index (χ1n) is 8.22. The van der Waals surface area contributed by atoms with Gasteiger partial charge in [-0.15, -0.1) is 11.3 Å². The minimum Gasteiger partial charge on any atom is -0.349 e. The largest absolute Gasteiger partial charge is 0.349 e. The lowest BCUT2D eigenvalue weighted by Crippen LogP contribution is -2.35. The number of carbonyl (C=O) groups excluding carboxylic acids is 2. The summed E-state index contributed by atoms with van der Waals surface area (Å²) in [6.45, 7) is 7.19. The number of thiophene rings is 1. The van der Waals surface area contributed by atoms with Gasteiger partial charge in [-0.3, -0.25) is 9.59 Å². The number of nitrogens with zero attached hydrogens (tertiary/aromatic N) is 1. The molecule has 0 radical (unpaired) electrons. The Kier molecular flexibility index (Phi) is 4.71. The van der Waals surface area contributed by atoms with Crippen molar-refractivity contribution in [1.82, 2.24) is 10.2 Å². The van der Waals surface area contributed by atoms with Crippen LogP contribution >= 0.6 is 11.3 Å². The number of rotatable bonds is 3. The SMILES string of the molecule is Cc1ccc(C(=O)N2CCc3sc(C(=O)NC(C)C)cc3C2)cc1. The first-order valence-corrected chi connectivity index (χ1v) is 9.04. The van der Waals surface area contributed by atoms with Gasteiger partial charge in [0.2, 0.25) is 0 Å². The molecule has 0 atom stereocenters. The van der Waals surface area contributed by atoms with Crippen LogP contribution in [-0.4, -0.2) is 29.3 Å². The van der Waals surface area contributed by atoms with Gasteiger partial charge in [-0.1, -0.05) is 17.7 Å². The minimum absolute atomic E-state index is 0.0270. The van der Waals surface area contributed by atoms with Crippen LogP contribution in [0.1, 0.15) is 49.9 Å². The smallest absolute Gasteiger partial charge is 0.261 e. The van der Waals surface area contributed by atoms with Gasteiger partial charge in [-0.2, -0.15) is 0 Å². The maximum atomic E-state index is 12.7. The lowest BCUT2D eigenvalue weighted by molar-refractivity contribution is 0.0736. The van der Waals surface area contributed by atoms with E-state index in [1.165, 1.54) is 4.88 Å². The van der Waals surface area contributed by atoms with Crippen LogP contribution < -0.4 is 5.32 Å². The predicted octanol–water partition coefficient (Wildman–Crippen LogP) is 3.39. The maximum absolute atomic E-state index is 12.7. The van der Waals surface area contributed by atoms with Crippen molar-refractivity contribution in [3.63, 3.8) is 0 Å². The third-order valence-electron chi connectivity index (χ3n) is 4.10. The summed E-state index contributed by atoms with van der Waals surface area (Å²) in [4.78, 5) is 28.6. The first kappa shape index (κ1) is 16.7. The van der Waals surface area contributed by atoms with E-state index in [4.69, 9.17) is 0 Å². The Balaban J connectivity index is 1.74. The fourth-order valence-electron chi connectivity index (χ4n) is 2.83. The van der Waals surface area contributed by atoms with Crippen molar-refractivity contribution in [1.29, 1.82) is 0 Å². The van der Waals surface area contributed by atoms with Crippen molar-refractivity contribution in [3.8, 4) is 0 Å². The number of carbonyl (C=O) groups is 2. The summed E-state index contributed by atoms with van der Waals surface area (Å²) in [5.74, 6) is 0.0286. The number of aryl methyl sites for hydroxylation is 1. The van der Waals surface area contributed by atoms with E-state index in [-0.39, 0.29) is 17.9 Å². The Hall–Kier alpha value is -2.14. The molecule has 0 fully saturated rings. The molecule has 4 nitrogen and oxygen atoms in total. The molecule has 0 saturated heterocycles. The second-order valence-corrected chi connectivity index (χ2v) is 7.67. The maximum Gasteiger partial charge on any atom is 0.261 e. The molecule has 126 valence electrons. The third kappa shape index (κ3) is 3.51. The molecule has 1 aliphatic heterocycles. The summed E-state index contributed by atoms with van der Waals surface area (Å²) < 4.78 is 0. The van der Waals surface area contributed by atoms with E-state index < -0.39 is 0 Å². The minimum atomic E-state index is -0.0270. The van der Waals surface area contributed by atoms with Crippen molar-refractivity contribution in [3.05, 3.63) is 56.8 Å². The van der Waals surface area contributed by atoms with Gasteiger partial charge in [-0.25, -0.2) is 0 Å². The molecule has 3 rings (SSSR count). The predicted molar refractivity (Wildman–Crippen MR) is 96.5 cm³/mol. The number of nitrogens with one attached hydrogen (secondary N) is 1. The van der Waals surface area contributed by atoms with Crippen molar-refractivity contribution >= 4 is 23.2 Å². The zero-order valence-electron chi connectivity index (χ0n) is 14.3. The molecular formula is C19H22N2O2S. The fraction of sp³-hybridized carbons (Fsp3) is 0.368. The topological polar surface area (TPSA) is 49.4 Å². The summed E-state index contributed by atoms with van der Waals surface area (Å²) in [5.41, 5.74) is 2.96. The van der Waals surface area contributed by atoms with Crippen molar-refractivity contribution in [2.24, 2.45) is 0 Å². The first-order chi connectivity index (χ1) is 11.4. The second kappa shape index (κ2) is 6.77. The Morgan fingerprint density at radius 3 is 2.58 bits per heavy atom. The van der Waals surface area contributed by atoms with Crippen LogP contribution in [-0.2, 0) is 13.0 Å². The van der Waals surface area contributed by atoms with Gasteiger partial charge in [-0.05, 0) is 51.0 Å².